The molecule has 0 bridgehead atoms. The predicted molar refractivity (Wildman–Crippen MR) is 136 cm³/mol. The van der Waals surface area contributed by atoms with E-state index in [1.807, 2.05) is 18.2 Å². The first-order valence-electron chi connectivity index (χ1n) is 9.19. The van der Waals surface area contributed by atoms with Gasteiger partial charge in [0.2, 0.25) is 0 Å². The lowest BCUT2D eigenvalue weighted by molar-refractivity contribution is 0.487. The van der Waals surface area contributed by atoms with E-state index in [9.17, 15) is 0 Å². The van der Waals surface area contributed by atoms with Gasteiger partial charge in [0.25, 0.3) is 0 Å². The van der Waals surface area contributed by atoms with Gasteiger partial charge in [-0.05, 0) is 79.7 Å². The molecule has 1 aliphatic rings. The third kappa shape index (κ3) is 3.08. The molecule has 1 nitrogen and oxygen atoms in total. The Kier molecular flexibility index (Phi) is 5.06. The molecule has 1 heterocycles. The van der Waals surface area contributed by atoms with Crippen molar-refractivity contribution in [1.29, 1.82) is 0 Å². The van der Waals surface area contributed by atoms with Gasteiger partial charge in [0.1, 0.15) is 11.5 Å². The maximum Gasteiger partial charge on any atom is 0.189 e. The van der Waals surface area contributed by atoms with Crippen LogP contribution in [0.1, 0.15) is 0 Å². The first-order valence-corrected chi connectivity index (χ1v) is 13.4. The zero-order valence-electron chi connectivity index (χ0n) is 15.2. The van der Waals surface area contributed by atoms with Gasteiger partial charge < -0.3 is 4.74 Å². The Morgan fingerprint density at radius 1 is 0.724 bits per heavy atom. The Hall–Kier alpha value is -1.60. The van der Waals surface area contributed by atoms with E-state index in [0.717, 1.165) is 16.0 Å². The number of benzene rings is 4. The highest BCUT2D eigenvalue weighted by atomic mass is 127. The summed E-state index contributed by atoms with van der Waals surface area (Å²) in [5, 5.41) is 5.87. The fraction of sp³-hybridized carbons (Fsp3) is 0. The molecule has 0 N–H and O–H groups in total. The minimum Gasteiger partial charge on any atom is -0.457 e. The van der Waals surface area contributed by atoms with Gasteiger partial charge >= 0.3 is 0 Å². The van der Waals surface area contributed by atoms with E-state index < -0.39 is 8.07 Å². The number of para-hydroxylation sites is 1. The minimum absolute atomic E-state index is 0.685. The van der Waals surface area contributed by atoms with Crippen molar-refractivity contribution in [2.75, 3.05) is 0 Å². The molecule has 0 aliphatic carbocycles. The average molecular weight is 590 g/mol. The summed E-state index contributed by atoms with van der Waals surface area (Å²) < 4.78 is 8.69. The second-order valence-corrected chi connectivity index (χ2v) is 13.2. The molecule has 1 aliphatic heterocycles. The third-order valence-corrected chi connectivity index (χ3v) is 12.5. The standard InChI is InChI=1S/C24H15BrClIOSi/c25-16-9-12-18(13-10-16)29(22-7-3-1-5-19(22)27)23-8-4-2-6-20(23)28-21-15-17(26)11-14-24(21)29/h1-15H. The molecule has 1 unspecified atom stereocenters. The van der Waals surface area contributed by atoms with Crippen molar-refractivity contribution in [3.8, 4) is 11.5 Å². The molecule has 4 aromatic carbocycles. The maximum absolute atomic E-state index is 6.37. The normalized spacial score (nSPS) is 17.2. The highest BCUT2D eigenvalue weighted by molar-refractivity contribution is 14.1. The van der Waals surface area contributed by atoms with Gasteiger partial charge in [0.15, 0.2) is 8.07 Å². The fourth-order valence-corrected chi connectivity index (χ4v) is 11.2. The van der Waals surface area contributed by atoms with E-state index in [1.54, 1.807) is 0 Å². The first-order chi connectivity index (χ1) is 14.1. The van der Waals surface area contributed by atoms with E-state index in [1.165, 1.54) is 24.3 Å². The van der Waals surface area contributed by atoms with Crippen molar-refractivity contribution in [3.63, 3.8) is 0 Å². The number of hydrogen-bond acceptors (Lipinski definition) is 1. The molecule has 142 valence electrons. The Bertz CT molecular complexity index is 1210. The zero-order chi connectivity index (χ0) is 20.0. The summed E-state index contributed by atoms with van der Waals surface area (Å²) in [5.74, 6) is 1.77. The van der Waals surface area contributed by atoms with E-state index in [2.05, 4.69) is 111 Å². The summed E-state index contributed by atoms with van der Waals surface area (Å²) in [7, 11) is -2.58. The fourth-order valence-electron chi connectivity index (χ4n) is 4.24. The van der Waals surface area contributed by atoms with Gasteiger partial charge in [-0.3, -0.25) is 0 Å². The third-order valence-electron chi connectivity index (χ3n) is 5.41. The number of halogens is 3. The van der Waals surface area contributed by atoms with Crippen molar-refractivity contribution in [2.45, 2.75) is 0 Å². The lowest BCUT2D eigenvalue weighted by Crippen LogP contribution is -2.76. The molecule has 29 heavy (non-hydrogen) atoms. The first kappa shape index (κ1) is 19.4. The summed E-state index contributed by atoms with van der Waals surface area (Å²) in [5.41, 5.74) is 0. The van der Waals surface area contributed by atoms with Crippen molar-refractivity contribution in [2.24, 2.45) is 0 Å². The molecule has 0 radical (unpaired) electrons. The molecule has 0 aromatic heterocycles. The lowest BCUT2D eigenvalue weighted by Gasteiger charge is -2.40. The molecule has 1 atom stereocenters. The zero-order valence-corrected chi connectivity index (χ0v) is 20.7. The van der Waals surface area contributed by atoms with Gasteiger partial charge in [-0.1, -0.05) is 82.1 Å². The van der Waals surface area contributed by atoms with Gasteiger partial charge in [-0.2, -0.15) is 0 Å². The number of fused-ring (bicyclic) bond motifs is 2. The molecular weight excluding hydrogens is 575 g/mol. The summed E-state index contributed by atoms with van der Waals surface area (Å²) in [4.78, 5) is 0. The largest absolute Gasteiger partial charge is 0.457 e. The SMILES string of the molecule is Clc1ccc2c(c1)Oc1ccccc1[Si]2(c1ccc(Br)cc1)c1ccccc1I. The molecule has 0 saturated carbocycles. The summed E-state index contributed by atoms with van der Waals surface area (Å²) in [6, 6.07) is 32.0. The second-order valence-electron chi connectivity index (χ2n) is 6.98. The molecule has 0 spiro atoms. The van der Waals surface area contributed by atoms with Crippen LogP contribution in [0.4, 0.5) is 0 Å². The van der Waals surface area contributed by atoms with E-state index in [4.69, 9.17) is 16.3 Å². The Labute approximate surface area is 198 Å². The van der Waals surface area contributed by atoms with E-state index in [-0.39, 0.29) is 0 Å². The average Bonchev–Trinajstić information content (AvgIpc) is 2.73. The Balaban J connectivity index is 1.98. The number of hydrogen-bond donors (Lipinski definition) is 0. The van der Waals surface area contributed by atoms with E-state index >= 15 is 0 Å². The van der Waals surface area contributed by atoms with Crippen molar-refractivity contribution < 1.29 is 4.74 Å². The Morgan fingerprint density at radius 3 is 2.14 bits per heavy atom. The van der Waals surface area contributed by atoms with Crippen LogP contribution in [0.5, 0.6) is 11.5 Å². The van der Waals surface area contributed by atoms with Crippen LogP contribution in [0.25, 0.3) is 0 Å². The van der Waals surface area contributed by atoms with Crippen LogP contribution in [-0.4, -0.2) is 8.07 Å². The van der Waals surface area contributed by atoms with Gasteiger partial charge in [-0.25, -0.2) is 0 Å². The lowest BCUT2D eigenvalue weighted by atomic mass is 10.3. The van der Waals surface area contributed by atoms with Crippen LogP contribution < -0.4 is 25.5 Å². The molecule has 4 aromatic rings. The second kappa shape index (κ2) is 7.58. The molecule has 0 amide bonds. The summed E-state index contributed by atoms with van der Waals surface area (Å²) in [6.45, 7) is 0. The molecule has 5 rings (SSSR count). The van der Waals surface area contributed by atoms with Crippen LogP contribution in [-0.2, 0) is 0 Å². The van der Waals surface area contributed by atoms with Crippen LogP contribution >= 0.6 is 50.1 Å². The summed E-state index contributed by atoms with van der Waals surface area (Å²) in [6.07, 6.45) is 0. The highest BCUT2D eigenvalue weighted by Crippen LogP contribution is 2.31. The van der Waals surface area contributed by atoms with Crippen molar-refractivity contribution >= 4 is 78.9 Å². The minimum atomic E-state index is -2.58. The molecular formula is C24H15BrClIOSi. The quantitative estimate of drug-likeness (QED) is 0.204. The van der Waals surface area contributed by atoms with Gasteiger partial charge in [0.05, 0.1) is 0 Å². The number of rotatable bonds is 2. The molecule has 5 heteroatoms. The Morgan fingerprint density at radius 2 is 1.38 bits per heavy atom. The van der Waals surface area contributed by atoms with Gasteiger partial charge in [-0.15, -0.1) is 0 Å². The monoisotopic (exact) mass is 588 g/mol. The van der Waals surface area contributed by atoms with Crippen LogP contribution in [0.3, 0.4) is 0 Å². The van der Waals surface area contributed by atoms with Crippen molar-refractivity contribution in [1.82, 2.24) is 0 Å². The van der Waals surface area contributed by atoms with Gasteiger partial charge in [0, 0.05) is 13.1 Å². The highest BCUT2D eigenvalue weighted by Gasteiger charge is 2.48. The van der Waals surface area contributed by atoms with Crippen molar-refractivity contribution in [3.05, 3.63) is 104 Å². The molecule has 0 saturated heterocycles. The topological polar surface area (TPSA) is 9.23 Å². The predicted octanol–water partition coefficient (Wildman–Crippen LogP) is 5.19. The van der Waals surface area contributed by atoms with E-state index in [0.29, 0.717) is 5.02 Å². The molecule has 0 fully saturated rings. The van der Waals surface area contributed by atoms with Crippen LogP contribution in [0.15, 0.2) is 95.5 Å². The van der Waals surface area contributed by atoms with Crippen LogP contribution in [0, 0.1) is 3.57 Å². The smallest absolute Gasteiger partial charge is 0.189 e. The summed E-state index contributed by atoms with van der Waals surface area (Å²) >= 11 is 12.4. The van der Waals surface area contributed by atoms with Crippen LogP contribution in [0.2, 0.25) is 5.02 Å². The maximum atomic E-state index is 6.37. The number of ether oxygens (including phenoxy) is 1.